The molecule has 3 aromatic rings. The second-order valence-corrected chi connectivity index (χ2v) is 14.3. The molecule has 2 heteroatoms. The Balaban J connectivity index is 2.29. The third kappa shape index (κ3) is 3.80. The van der Waals surface area contributed by atoms with Crippen molar-refractivity contribution in [1.82, 2.24) is 0 Å². The zero-order chi connectivity index (χ0) is 21.3. The van der Waals surface area contributed by atoms with Gasteiger partial charge < -0.3 is 0 Å². The normalized spacial score (nSPS) is 12.2. The summed E-state index contributed by atoms with van der Waals surface area (Å²) < 4.78 is 2.30. The minimum absolute atomic E-state index is 0.533. The highest BCUT2D eigenvalue weighted by atomic mass is 28.3. The average Bonchev–Trinajstić information content (AvgIpc) is 2.72. The van der Waals surface area contributed by atoms with Crippen molar-refractivity contribution in [2.75, 3.05) is 0 Å². The molecule has 0 saturated heterocycles. The first kappa shape index (κ1) is 21.8. The molecule has 0 fully saturated rings. The molecule has 0 saturated carbocycles. The molecule has 0 aliphatic heterocycles. The van der Waals surface area contributed by atoms with Crippen LogP contribution in [-0.4, -0.2) is 8.07 Å². The van der Waals surface area contributed by atoms with Gasteiger partial charge in [-0.1, -0.05) is 76.1 Å². The molecule has 0 bridgehead atoms. The van der Waals surface area contributed by atoms with Gasteiger partial charge >= 0.3 is 0 Å². The Hall–Kier alpha value is -1.93. The molecule has 0 radical (unpaired) electrons. The van der Waals surface area contributed by atoms with Crippen LogP contribution in [0.5, 0.6) is 0 Å². The standard InChI is InChI=1S/C27H38NSi/c1-9-29(10-2,11-3)24-12-13-25-22(17-24)14-15-28(8)27(25)26-18-23(19(4)5)16-20(6)21(26)7/h12-19H,9-11H2,1-8H3/q+1. The summed E-state index contributed by atoms with van der Waals surface area (Å²) >= 11 is 0. The summed E-state index contributed by atoms with van der Waals surface area (Å²) in [4.78, 5) is 0. The summed E-state index contributed by atoms with van der Waals surface area (Å²) in [6.07, 6.45) is 2.24. The molecule has 0 spiro atoms. The van der Waals surface area contributed by atoms with Crippen LogP contribution in [0.25, 0.3) is 22.0 Å². The van der Waals surface area contributed by atoms with Crippen LogP contribution in [0, 0.1) is 13.8 Å². The Morgan fingerprint density at radius 1 is 0.897 bits per heavy atom. The van der Waals surface area contributed by atoms with E-state index in [1.54, 1.807) is 5.19 Å². The zero-order valence-electron chi connectivity index (χ0n) is 19.7. The van der Waals surface area contributed by atoms with Gasteiger partial charge in [-0.05, 0) is 54.0 Å². The lowest BCUT2D eigenvalue weighted by atomic mass is 9.91. The van der Waals surface area contributed by atoms with Crippen LogP contribution in [0.3, 0.4) is 0 Å². The van der Waals surface area contributed by atoms with Crippen LogP contribution in [0.4, 0.5) is 0 Å². The molecule has 29 heavy (non-hydrogen) atoms. The van der Waals surface area contributed by atoms with Crippen molar-refractivity contribution in [1.29, 1.82) is 0 Å². The van der Waals surface area contributed by atoms with Gasteiger partial charge in [-0.3, -0.25) is 0 Å². The van der Waals surface area contributed by atoms with Gasteiger partial charge in [-0.2, -0.15) is 0 Å². The quantitative estimate of drug-likeness (QED) is 0.315. The number of aromatic nitrogens is 1. The first-order valence-corrected chi connectivity index (χ1v) is 13.9. The van der Waals surface area contributed by atoms with Crippen molar-refractivity contribution in [3.05, 3.63) is 59.3 Å². The van der Waals surface area contributed by atoms with Crippen molar-refractivity contribution in [3.8, 4) is 11.3 Å². The Bertz CT molecular complexity index is 1020. The zero-order valence-corrected chi connectivity index (χ0v) is 20.7. The number of pyridine rings is 1. The number of benzene rings is 2. The minimum atomic E-state index is -1.37. The van der Waals surface area contributed by atoms with Crippen molar-refractivity contribution < 1.29 is 4.57 Å². The van der Waals surface area contributed by atoms with E-state index in [4.69, 9.17) is 0 Å². The molecular weight excluding hydrogens is 366 g/mol. The molecule has 2 aromatic carbocycles. The van der Waals surface area contributed by atoms with Gasteiger partial charge in [-0.25, -0.2) is 4.57 Å². The molecule has 0 atom stereocenters. The van der Waals surface area contributed by atoms with E-state index in [2.05, 4.69) is 103 Å². The van der Waals surface area contributed by atoms with E-state index in [1.807, 2.05) is 0 Å². The van der Waals surface area contributed by atoms with Crippen LogP contribution in [0.1, 0.15) is 57.2 Å². The van der Waals surface area contributed by atoms with Gasteiger partial charge in [0.05, 0.1) is 19.0 Å². The maximum absolute atomic E-state index is 2.51. The number of hydrogen-bond donors (Lipinski definition) is 0. The van der Waals surface area contributed by atoms with E-state index in [9.17, 15) is 0 Å². The van der Waals surface area contributed by atoms with Gasteiger partial charge in [0.25, 0.3) is 0 Å². The topological polar surface area (TPSA) is 3.88 Å². The molecule has 3 rings (SSSR count). The average molecular weight is 405 g/mol. The molecule has 0 aliphatic carbocycles. The lowest BCUT2D eigenvalue weighted by molar-refractivity contribution is -0.659. The van der Waals surface area contributed by atoms with Crippen LogP contribution < -0.4 is 9.75 Å². The first-order valence-electron chi connectivity index (χ1n) is 11.3. The van der Waals surface area contributed by atoms with Crippen LogP contribution in [0.2, 0.25) is 18.1 Å². The summed E-state index contributed by atoms with van der Waals surface area (Å²) in [7, 11) is 0.812. The van der Waals surface area contributed by atoms with Crippen molar-refractivity contribution >= 4 is 24.0 Å². The SMILES string of the molecule is CC[Si](CC)(CC)c1ccc2c(-c3cc(C(C)C)cc(C)c3C)[n+](C)ccc2c1. The summed E-state index contributed by atoms with van der Waals surface area (Å²) in [6.45, 7) is 16.3. The van der Waals surface area contributed by atoms with Crippen LogP contribution >= 0.6 is 0 Å². The highest BCUT2D eigenvalue weighted by molar-refractivity contribution is 6.91. The fraction of sp³-hybridized carbons (Fsp3) is 0.444. The number of rotatable bonds is 6. The molecule has 1 nitrogen and oxygen atoms in total. The second-order valence-electron chi connectivity index (χ2n) is 9.08. The maximum Gasteiger partial charge on any atom is 0.220 e. The number of hydrogen-bond acceptors (Lipinski definition) is 0. The lowest BCUT2D eigenvalue weighted by Gasteiger charge is -2.29. The molecule has 1 heterocycles. The lowest BCUT2D eigenvalue weighted by Crippen LogP contribution is -2.45. The largest absolute Gasteiger partial charge is 0.220 e. The van der Waals surface area contributed by atoms with E-state index in [0.717, 1.165) is 0 Å². The molecule has 0 aliphatic rings. The number of aryl methyl sites for hydroxylation is 2. The fourth-order valence-corrected chi connectivity index (χ4v) is 8.49. The number of nitrogens with zero attached hydrogens (tertiary/aromatic N) is 1. The number of fused-ring (bicyclic) bond motifs is 1. The van der Waals surface area contributed by atoms with Gasteiger partial charge in [0.2, 0.25) is 5.69 Å². The smallest absolute Gasteiger partial charge is 0.200 e. The van der Waals surface area contributed by atoms with Gasteiger partial charge in [-0.15, -0.1) is 0 Å². The highest BCUT2D eigenvalue weighted by Crippen LogP contribution is 2.33. The summed E-state index contributed by atoms with van der Waals surface area (Å²) in [5.74, 6) is 0.533. The molecule has 0 N–H and O–H groups in total. The Morgan fingerprint density at radius 3 is 2.14 bits per heavy atom. The van der Waals surface area contributed by atoms with Crippen LogP contribution in [0.15, 0.2) is 42.6 Å². The Morgan fingerprint density at radius 2 is 1.55 bits per heavy atom. The van der Waals surface area contributed by atoms with E-state index < -0.39 is 8.07 Å². The Labute approximate surface area is 178 Å². The predicted octanol–water partition coefficient (Wildman–Crippen LogP) is 6.79. The highest BCUT2D eigenvalue weighted by Gasteiger charge is 2.30. The minimum Gasteiger partial charge on any atom is -0.200 e. The van der Waals surface area contributed by atoms with E-state index >= 15 is 0 Å². The van der Waals surface area contributed by atoms with Gasteiger partial charge in [0, 0.05) is 6.07 Å². The third-order valence-corrected chi connectivity index (χ3v) is 13.0. The van der Waals surface area contributed by atoms with E-state index in [-0.39, 0.29) is 0 Å². The second kappa shape index (κ2) is 8.43. The molecule has 154 valence electrons. The molecule has 1 aromatic heterocycles. The van der Waals surface area contributed by atoms with Crippen molar-refractivity contribution in [3.63, 3.8) is 0 Å². The summed E-state index contributed by atoms with van der Waals surface area (Å²) in [6, 6.07) is 18.4. The molecule has 0 unspecified atom stereocenters. The molecule has 0 amide bonds. The summed E-state index contributed by atoms with van der Waals surface area (Å²) in [5.41, 5.74) is 6.91. The first-order chi connectivity index (χ1) is 13.8. The maximum atomic E-state index is 2.51. The predicted molar refractivity (Wildman–Crippen MR) is 131 cm³/mol. The molecular formula is C27H38NSi+. The Kier molecular flexibility index (Phi) is 6.33. The van der Waals surface area contributed by atoms with Crippen molar-refractivity contribution in [2.45, 2.75) is 72.5 Å². The van der Waals surface area contributed by atoms with Crippen LogP contribution in [-0.2, 0) is 7.05 Å². The van der Waals surface area contributed by atoms with E-state index in [0.29, 0.717) is 5.92 Å². The fourth-order valence-electron chi connectivity index (χ4n) is 4.87. The van der Waals surface area contributed by atoms with E-state index in [1.165, 1.54) is 56.9 Å². The third-order valence-electron chi connectivity index (χ3n) is 7.39. The van der Waals surface area contributed by atoms with Crippen molar-refractivity contribution in [2.24, 2.45) is 7.05 Å². The monoisotopic (exact) mass is 404 g/mol. The van der Waals surface area contributed by atoms with Gasteiger partial charge in [0.1, 0.15) is 7.05 Å². The summed E-state index contributed by atoms with van der Waals surface area (Å²) in [5, 5.41) is 4.38. The van der Waals surface area contributed by atoms with Gasteiger partial charge in [0.15, 0.2) is 6.20 Å².